The Balaban J connectivity index is 1.85. The zero-order chi connectivity index (χ0) is 33.6. The molecule has 0 heterocycles. The summed E-state index contributed by atoms with van der Waals surface area (Å²) in [7, 11) is -3.21. The standard InChI is InChI=1S/C33H30Cl2F3N3O4S/c1-22-11-14-27(15-12-22)46(44,45)41(26-13-16-29(35)28(19-26)33(36,37)38)21-31(42)40(20-24-9-6-10-25(34)17-24)30(32(43)39-2)18-23-7-4-3-5-8-23/h3-17,19,30H,18,20-21H2,1-2H3,(H,39,43). The third-order valence-electron chi connectivity index (χ3n) is 7.19. The van der Waals surface area contributed by atoms with Gasteiger partial charge in [-0.15, -0.1) is 0 Å². The Hall–Kier alpha value is -4.06. The van der Waals surface area contributed by atoms with Crippen LogP contribution in [-0.2, 0) is 38.8 Å². The van der Waals surface area contributed by atoms with Gasteiger partial charge < -0.3 is 10.2 Å². The monoisotopic (exact) mass is 691 g/mol. The molecule has 4 aromatic rings. The van der Waals surface area contributed by atoms with Crippen LogP contribution in [0.15, 0.2) is 102 Å². The van der Waals surface area contributed by atoms with E-state index >= 15 is 0 Å². The highest BCUT2D eigenvalue weighted by molar-refractivity contribution is 7.92. The van der Waals surface area contributed by atoms with E-state index in [9.17, 15) is 31.2 Å². The molecular formula is C33H30Cl2F3N3O4S. The van der Waals surface area contributed by atoms with E-state index < -0.39 is 56.9 Å². The molecule has 0 aliphatic heterocycles. The lowest BCUT2D eigenvalue weighted by Crippen LogP contribution is -2.53. The van der Waals surface area contributed by atoms with Crippen molar-refractivity contribution in [3.8, 4) is 0 Å². The van der Waals surface area contributed by atoms with Gasteiger partial charge in [0.2, 0.25) is 11.8 Å². The summed E-state index contributed by atoms with van der Waals surface area (Å²) < 4.78 is 70.3. The summed E-state index contributed by atoms with van der Waals surface area (Å²) in [4.78, 5) is 28.6. The molecule has 2 amide bonds. The number of aryl methyl sites for hydroxylation is 1. The lowest BCUT2D eigenvalue weighted by atomic mass is 10.0. The van der Waals surface area contributed by atoms with Crippen LogP contribution in [0.2, 0.25) is 10.0 Å². The van der Waals surface area contributed by atoms with Crippen LogP contribution in [0, 0.1) is 6.92 Å². The first-order valence-corrected chi connectivity index (χ1v) is 16.2. The lowest BCUT2D eigenvalue weighted by molar-refractivity contribution is -0.139. The van der Waals surface area contributed by atoms with Gasteiger partial charge in [0, 0.05) is 25.0 Å². The molecule has 4 aromatic carbocycles. The van der Waals surface area contributed by atoms with Crippen LogP contribution in [0.4, 0.5) is 18.9 Å². The van der Waals surface area contributed by atoms with E-state index in [0.29, 0.717) is 21.0 Å². The topological polar surface area (TPSA) is 86.8 Å². The molecule has 7 nitrogen and oxygen atoms in total. The molecule has 1 N–H and O–H groups in total. The van der Waals surface area contributed by atoms with Gasteiger partial charge in [0.1, 0.15) is 12.6 Å². The predicted molar refractivity (Wildman–Crippen MR) is 172 cm³/mol. The number of anilines is 1. The van der Waals surface area contributed by atoms with Crippen LogP contribution in [0.5, 0.6) is 0 Å². The Morgan fingerprint density at radius 1 is 0.870 bits per heavy atom. The summed E-state index contributed by atoms with van der Waals surface area (Å²) in [6.45, 7) is 0.654. The summed E-state index contributed by atoms with van der Waals surface area (Å²) in [6, 6.07) is 22.6. The molecule has 4 rings (SSSR count). The molecule has 1 atom stereocenters. The molecule has 0 saturated heterocycles. The van der Waals surface area contributed by atoms with Gasteiger partial charge >= 0.3 is 6.18 Å². The number of nitrogens with one attached hydrogen (secondary N) is 1. The summed E-state index contributed by atoms with van der Waals surface area (Å²) in [6.07, 6.45) is -4.84. The van der Waals surface area contributed by atoms with E-state index in [-0.39, 0.29) is 17.9 Å². The minimum atomic E-state index is -4.91. The number of carbonyl (C=O) groups is 2. The molecule has 0 aliphatic rings. The first-order chi connectivity index (χ1) is 21.7. The largest absolute Gasteiger partial charge is 0.417 e. The molecule has 46 heavy (non-hydrogen) atoms. The molecule has 0 aromatic heterocycles. The second-order valence-corrected chi connectivity index (χ2v) is 13.2. The minimum Gasteiger partial charge on any atom is -0.357 e. The van der Waals surface area contributed by atoms with Crippen molar-refractivity contribution in [3.05, 3.63) is 129 Å². The first kappa shape index (κ1) is 34.8. The fourth-order valence-electron chi connectivity index (χ4n) is 4.80. The molecular weight excluding hydrogens is 662 g/mol. The number of nitrogens with zero attached hydrogens (tertiary/aromatic N) is 2. The number of amides is 2. The Labute approximate surface area is 275 Å². The number of sulfonamides is 1. The zero-order valence-electron chi connectivity index (χ0n) is 24.8. The summed E-state index contributed by atoms with van der Waals surface area (Å²) in [5.41, 5.74) is 0.298. The molecule has 0 bridgehead atoms. The lowest BCUT2D eigenvalue weighted by Gasteiger charge is -2.33. The van der Waals surface area contributed by atoms with E-state index in [2.05, 4.69) is 5.32 Å². The normalized spacial score (nSPS) is 12.3. The highest BCUT2D eigenvalue weighted by Gasteiger charge is 2.37. The molecule has 0 saturated carbocycles. The van der Waals surface area contributed by atoms with Gasteiger partial charge in [0.05, 0.1) is 21.2 Å². The number of likely N-dealkylation sites (N-methyl/N-ethyl adjacent to an activating group) is 1. The first-order valence-electron chi connectivity index (χ1n) is 14.0. The van der Waals surface area contributed by atoms with Crippen LogP contribution < -0.4 is 9.62 Å². The Kier molecular flexibility index (Phi) is 11.0. The third-order valence-corrected chi connectivity index (χ3v) is 9.54. The van der Waals surface area contributed by atoms with Crippen LogP contribution >= 0.6 is 23.2 Å². The number of hydrogen-bond donors (Lipinski definition) is 1. The van der Waals surface area contributed by atoms with Gasteiger partial charge in [-0.25, -0.2) is 8.42 Å². The van der Waals surface area contributed by atoms with Gasteiger partial charge in [-0.1, -0.05) is 83.4 Å². The fraction of sp³-hybridized carbons (Fsp3) is 0.212. The van der Waals surface area contributed by atoms with E-state index in [0.717, 1.165) is 23.3 Å². The van der Waals surface area contributed by atoms with Crippen molar-refractivity contribution in [2.75, 3.05) is 17.9 Å². The Morgan fingerprint density at radius 3 is 2.13 bits per heavy atom. The zero-order valence-corrected chi connectivity index (χ0v) is 27.1. The van der Waals surface area contributed by atoms with Crippen molar-refractivity contribution in [2.24, 2.45) is 0 Å². The molecule has 1 unspecified atom stereocenters. The fourth-order valence-corrected chi connectivity index (χ4v) is 6.65. The van der Waals surface area contributed by atoms with Gasteiger partial charge in [0.15, 0.2) is 0 Å². The minimum absolute atomic E-state index is 0.0662. The van der Waals surface area contributed by atoms with Crippen molar-refractivity contribution in [3.63, 3.8) is 0 Å². The number of hydrogen-bond acceptors (Lipinski definition) is 4. The number of carbonyl (C=O) groups excluding carboxylic acids is 2. The predicted octanol–water partition coefficient (Wildman–Crippen LogP) is 6.90. The molecule has 0 spiro atoms. The third kappa shape index (κ3) is 8.39. The molecule has 0 aliphatic carbocycles. The van der Waals surface area contributed by atoms with Crippen LogP contribution in [-0.4, -0.2) is 44.8 Å². The summed E-state index contributed by atoms with van der Waals surface area (Å²) in [5.74, 6) is -1.37. The van der Waals surface area contributed by atoms with Gasteiger partial charge in [-0.2, -0.15) is 13.2 Å². The molecule has 242 valence electrons. The van der Waals surface area contributed by atoms with E-state index in [4.69, 9.17) is 23.2 Å². The van der Waals surface area contributed by atoms with Crippen LogP contribution in [0.1, 0.15) is 22.3 Å². The number of rotatable bonds is 11. The van der Waals surface area contributed by atoms with Gasteiger partial charge in [0.25, 0.3) is 10.0 Å². The Bertz CT molecular complexity index is 1810. The Morgan fingerprint density at radius 2 is 1.52 bits per heavy atom. The van der Waals surface area contributed by atoms with Gasteiger partial charge in [-0.05, 0) is 60.5 Å². The average Bonchev–Trinajstić information content (AvgIpc) is 3.01. The summed E-state index contributed by atoms with van der Waals surface area (Å²) in [5, 5.41) is 2.29. The number of halogens is 5. The molecule has 13 heteroatoms. The van der Waals surface area contributed by atoms with Crippen molar-refractivity contribution in [1.82, 2.24) is 10.2 Å². The van der Waals surface area contributed by atoms with Crippen molar-refractivity contribution < 1.29 is 31.2 Å². The maximum absolute atomic E-state index is 14.3. The summed E-state index contributed by atoms with van der Waals surface area (Å²) >= 11 is 12.0. The van der Waals surface area contributed by atoms with Gasteiger partial charge in [-0.3, -0.25) is 13.9 Å². The van der Waals surface area contributed by atoms with E-state index in [1.54, 1.807) is 61.5 Å². The smallest absolute Gasteiger partial charge is 0.357 e. The highest BCUT2D eigenvalue weighted by atomic mass is 35.5. The second kappa shape index (κ2) is 14.6. The van der Waals surface area contributed by atoms with Crippen molar-refractivity contribution >= 4 is 50.7 Å². The van der Waals surface area contributed by atoms with Crippen molar-refractivity contribution in [1.29, 1.82) is 0 Å². The highest BCUT2D eigenvalue weighted by Crippen LogP contribution is 2.38. The quantitative estimate of drug-likeness (QED) is 0.185. The molecule has 0 fully saturated rings. The SMILES string of the molecule is CNC(=O)C(Cc1ccccc1)N(Cc1cccc(Cl)c1)C(=O)CN(c1ccc(Cl)c(C(F)(F)F)c1)S(=O)(=O)c1ccc(C)cc1. The van der Waals surface area contributed by atoms with Crippen molar-refractivity contribution in [2.45, 2.75) is 37.0 Å². The average molecular weight is 693 g/mol. The van der Waals surface area contributed by atoms with E-state index in [1.807, 2.05) is 0 Å². The van der Waals surface area contributed by atoms with Crippen LogP contribution in [0.3, 0.4) is 0 Å². The van der Waals surface area contributed by atoms with Crippen LogP contribution in [0.25, 0.3) is 0 Å². The maximum atomic E-state index is 14.3. The van der Waals surface area contributed by atoms with E-state index in [1.165, 1.54) is 36.2 Å². The second-order valence-electron chi connectivity index (χ2n) is 10.5. The molecule has 0 radical (unpaired) electrons. The number of alkyl halides is 3. The maximum Gasteiger partial charge on any atom is 0.417 e. The number of benzene rings is 4.